The number of carbonyl (C=O) groups excluding carboxylic acids is 1. The smallest absolute Gasteiger partial charge is 0.280 e. The molecule has 1 amide bonds. The highest BCUT2D eigenvalue weighted by Gasteiger charge is 2.29. The summed E-state index contributed by atoms with van der Waals surface area (Å²) < 4.78 is 7.70. The predicted molar refractivity (Wildman–Crippen MR) is 133 cm³/mol. The molecule has 0 saturated carbocycles. The third kappa shape index (κ3) is 3.98. The summed E-state index contributed by atoms with van der Waals surface area (Å²) in [6.07, 6.45) is 1.96. The Morgan fingerprint density at radius 3 is 2.24 bits per heavy atom. The number of anilines is 2. The van der Waals surface area contributed by atoms with Crippen molar-refractivity contribution in [3.63, 3.8) is 0 Å². The van der Waals surface area contributed by atoms with E-state index in [1.807, 2.05) is 43.3 Å². The Morgan fingerprint density at radius 1 is 0.879 bits per heavy atom. The number of nitrogens with zero attached hydrogens (tertiary/aromatic N) is 4. The van der Waals surface area contributed by atoms with Crippen molar-refractivity contribution < 1.29 is 9.53 Å². The summed E-state index contributed by atoms with van der Waals surface area (Å²) in [4.78, 5) is 15.5. The third-order valence-corrected chi connectivity index (χ3v) is 6.32. The first kappa shape index (κ1) is 21.2. The van der Waals surface area contributed by atoms with Crippen LogP contribution in [0.1, 0.15) is 23.9 Å². The van der Waals surface area contributed by atoms with Crippen molar-refractivity contribution in [1.82, 2.24) is 4.57 Å². The minimum absolute atomic E-state index is 0.0987. The van der Waals surface area contributed by atoms with Gasteiger partial charge in [0, 0.05) is 35.9 Å². The summed E-state index contributed by atoms with van der Waals surface area (Å²) >= 11 is 0. The van der Waals surface area contributed by atoms with Crippen LogP contribution in [0.2, 0.25) is 0 Å². The van der Waals surface area contributed by atoms with E-state index in [2.05, 4.69) is 58.7 Å². The Morgan fingerprint density at radius 2 is 1.55 bits per heavy atom. The fourth-order valence-corrected chi connectivity index (χ4v) is 4.55. The van der Waals surface area contributed by atoms with Crippen LogP contribution in [0.4, 0.5) is 11.4 Å². The molecule has 0 bridgehead atoms. The first-order valence-corrected chi connectivity index (χ1v) is 11.3. The van der Waals surface area contributed by atoms with Crippen LogP contribution in [-0.2, 0) is 9.53 Å². The quantitative estimate of drug-likeness (QED) is 0.551. The second kappa shape index (κ2) is 8.71. The molecule has 5 rings (SSSR count). The van der Waals surface area contributed by atoms with Crippen LogP contribution in [0.25, 0.3) is 11.8 Å². The van der Waals surface area contributed by atoms with Gasteiger partial charge in [-0.15, -0.1) is 0 Å². The van der Waals surface area contributed by atoms with Crippen LogP contribution in [0, 0.1) is 13.8 Å². The van der Waals surface area contributed by atoms with Crippen LogP contribution < -0.4 is 9.91 Å². The molecule has 33 heavy (non-hydrogen) atoms. The fraction of sp³-hybridized carbons (Fsp3) is 0.259. The maximum absolute atomic E-state index is 13.1. The molecule has 2 aliphatic heterocycles. The van der Waals surface area contributed by atoms with Crippen molar-refractivity contribution in [1.29, 1.82) is 0 Å². The van der Waals surface area contributed by atoms with Crippen molar-refractivity contribution in [2.45, 2.75) is 20.8 Å². The molecule has 1 aromatic heterocycles. The van der Waals surface area contributed by atoms with Crippen molar-refractivity contribution in [2.24, 2.45) is 5.10 Å². The van der Waals surface area contributed by atoms with Gasteiger partial charge < -0.3 is 14.2 Å². The molecule has 2 aromatic carbocycles. The number of rotatable bonds is 4. The molecule has 3 aromatic rings. The average Bonchev–Trinajstić information content (AvgIpc) is 3.29. The molecule has 168 valence electrons. The number of morpholine rings is 1. The number of carbonyl (C=O) groups is 1. The molecule has 0 radical (unpaired) electrons. The summed E-state index contributed by atoms with van der Waals surface area (Å²) in [5, 5.41) is 5.98. The van der Waals surface area contributed by atoms with E-state index in [4.69, 9.17) is 4.74 Å². The number of para-hydroxylation sites is 1. The number of aryl methyl sites for hydroxylation is 1. The zero-order chi connectivity index (χ0) is 22.9. The largest absolute Gasteiger partial charge is 0.378 e. The predicted octanol–water partition coefficient (Wildman–Crippen LogP) is 4.74. The van der Waals surface area contributed by atoms with Crippen molar-refractivity contribution in [2.75, 3.05) is 36.2 Å². The van der Waals surface area contributed by atoms with Gasteiger partial charge in [-0.1, -0.05) is 18.2 Å². The van der Waals surface area contributed by atoms with Gasteiger partial charge in [0.05, 0.1) is 30.2 Å². The molecule has 1 fully saturated rings. The third-order valence-electron chi connectivity index (χ3n) is 6.32. The molecule has 0 unspecified atom stereocenters. The molecule has 6 nitrogen and oxygen atoms in total. The lowest BCUT2D eigenvalue weighted by Gasteiger charge is -2.29. The van der Waals surface area contributed by atoms with Crippen LogP contribution in [0.5, 0.6) is 0 Å². The van der Waals surface area contributed by atoms with Gasteiger partial charge in [0.15, 0.2) is 0 Å². The van der Waals surface area contributed by atoms with E-state index in [0.29, 0.717) is 5.57 Å². The number of hydrogen-bond acceptors (Lipinski definition) is 4. The number of aromatic nitrogens is 1. The molecular weight excluding hydrogens is 412 g/mol. The number of hydrazone groups is 1. The highest BCUT2D eigenvalue weighted by molar-refractivity contribution is 6.32. The van der Waals surface area contributed by atoms with Crippen LogP contribution >= 0.6 is 0 Å². The van der Waals surface area contributed by atoms with E-state index in [1.54, 1.807) is 0 Å². The summed E-state index contributed by atoms with van der Waals surface area (Å²) in [5.74, 6) is -0.0987. The molecule has 1 saturated heterocycles. The molecule has 0 aliphatic carbocycles. The van der Waals surface area contributed by atoms with Gasteiger partial charge in [0.1, 0.15) is 0 Å². The monoisotopic (exact) mass is 440 g/mol. The summed E-state index contributed by atoms with van der Waals surface area (Å²) in [6, 6.07) is 20.3. The minimum atomic E-state index is -0.0987. The molecule has 0 spiro atoms. The zero-order valence-corrected chi connectivity index (χ0v) is 19.3. The molecule has 6 heteroatoms. The molecule has 2 aliphatic rings. The van der Waals surface area contributed by atoms with Crippen molar-refractivity contribution >= 4 is 29.1 Å². The van der Waals surface area contributed by atoms with Gasteiger partial charge in [0.2, 0.25) is 0 Å². The second-order valence-corrected chi connectivity index (χ2v) is 8.47. The Kier molecular flexibility index (Phi) is 5.60. The van der Waals surface area contributed by atoms with Gasteiger partial charge in [-0.05, 0) is 74.9 Å². The van der Waals surface area contributed by atoms with Gasteiger partial charge >= 0.3 is 0 Å². The van der Waals surface area contributed by atoms with Gasteiger partial charge in [-0.2, -0.15) is 10.1 Å². The van der Waals surface area contributed by atoms with E-state index in [0.717, 1.165) is 60.3 Å². The number of hydrogen-bond donors (Lipinski definition) is 0. The lowest BCUT2D eigenvalue weighted by Crippen LogP contribution is -2.36. The highest BCUT2D eigenvalue weighted by Crippen LogP contribution is 2.28. The van der Waals surface area contributed by atoms with E-state index in [9.17, 15) is 4.79 Å². The minimum Gasteiger partial charge on any atom is -0.378 e. The van der Waals surface area contributed by atoms with Crippen molar-refractivity contribution in [3.05, 3.63) is 83.2 Å². The molecule has 0 atom stereocenters. The van der Waals surface area contributed by atoms with Crippen LogP contribution in [0.15, 0.2) is 71.3 Å². The van der Waals surface area contributed by atoms with Crippen LogP contribution in [0.3, 0.4) is 0 Å². The Hall–Kier alpha value is -3.64. The van der Waals surface area contributed by atoms with Gasteiger partial charge in [0.25, 0.3) is 5.91 Å². The number of amides is 1. The lowest BCUT2D eigenvalue weighted by molar-refractivity contribution is -0.114. The van der Waals surface area contributed by atoms with E-state index < -0.39 is 0 Å². The van der Waals surface area contributed by atoms with Crippen molar-refractivity contribution in [3.8, 4) is 5.69 Å². The standard InChI is InChI=1S/C27H28N4O2/c1-19-17-22(18-26-20(2)28-31(27(26)32)25-7-5-4-6-8-25)21(3)30(19)24-11-9-23(10-12-24)29-13-15-33-16-14-29/h4-12,17-18H,13-16H2,1-3H3/b26-18+. The van der Waals surface area contributed by atoms with Gasteiger partial charge in [-0.3, -0.25) is 4.79 Å². The first-order valence-electron chi connectivity index (χ1n) is 11.3. The Bertz CT molecular complexity index is 1230. The molecule has 0 N–H and O–H groups in total. The number of benzene rings is 2. The zero-order valence-electron chi connectivity index (χ0n) is 19.3. The van der Waals surface area contributed by atoms with Gasteiger partial charge in [-0.25, -0.2) is 0 Å². The van der Waals surface area contributed by atoms with E-state index >= 15 is 0 Å². The highest BCUT2D eigenvalue weighted by atomic mass is 16.5. The van der Waals surface area contributed by atoms with E-state index in [-0.39, 0.29) is 5.91 Å². The Labute approximate surface area is 194 Å². The van der Waals surface area contributed by atoms with E-state index in [1.165, 1.54) is 10.7 Å². The maximum atomic E-state index is 13.1. The Balaban J connectivity index is 1.43. The fourth-order valence-electron chi connectivity index (χ4n) is 4.55. The lowest BCUT2D eigenvalue weighted by atomic mass is 10.1. The van der Waals surface area contributed by atoms with Crippen LogP contribution in [-0.4, -0.2) is 42.5 Å². The average molecular weight is 441 g/mol. The summed E-state index contributed by atoms with van der Waals surface area (Å²) in [7, 11) is 0. The summed E-state index contributed by atoms with van der Waals surface area (Å²) in [6.45, 7) is 9.48. The number of ether oxygens (including phenoxy) is 1. The SMILES string of the molecule is CC1=NN(c2ccccc2)C(=O)/C1=C/c1cc(C)n(-c2ccc(N3CCOCC3)cc2)c1C. The second-order valence-electron chi connectivity index (χ2n) is 8.47. The maximum Gasteiger partial charge on any atom is 0.280 e. The normalized spacial score (nSPS) is 17.7. The topological polar surface area (TPSA) is 50.1 Å². The first-order chi connectivity index (χ1) is 16.0. The molecule has 3 heterocycles. The molecular formula is C27H28N4O2. The summed E-state index contributed by atoms with van der Waals surface area (Å²) in [5.41, 5.74) is 7.70.